The Labute approximate surface area is 199 Å². The number of urea groups is 1. The molecule has 2 N–H and O–H groups in total. The Bertz CT molecular complexity index is 935. The number of piperidine rings is 1. The summed E-state index contributed by atoms with van der Waals surface area (Å²) < 4.78 is 7.03. The fraction of sp³-hybridized carbons (Fsp3) is 0.565. The molecule has 1 atom stereocenters. The van der Waals surface area contributed by atoms with Gasteiger partial charge in [0.1, 0.15) is 5.60 Å². The number of amides is 3. The third kappa shape index (κ3) is 7.66. The van der Waals surface area contributed by atoms with Crippen molar-refractivity contribution in [3.8, 4) is 0 Å². The van der Waals surface area contributed by atoms with E-state index < -0.39 is 5.60 Å². The van der Waals surface area contributed by atoms with Crippen LogP contribution in [0.25, 0.3) is 0 Å². The number of anilines is 1. The van der Waals surface area contributed by atoms with Crippen molar-refractivity contribution in [3.63, 3.8) is 0 Å². The van der Waals surface area contributed by atoms with Crippen LogP contribution in [0.3, 0.4) is 0 Å². The van der Waals surface area contributed by atoms with Gasteiger partial charge in [-0.1, -0.05) is 25.1 Å². The molecule has 33 heavy (non-hydrogen) atoms. The smallest absolute Gasteiger partial charge is 0.410 e. The summed E-state index contributed by atoms with van der Waals surface area (Å²) in [6.07, 6.45) is 1.22. The molecule has 2 heterocycles. The van der Waals surface area contributed by atoms with Crippen LogP contribution in [-0.2, 0) is 11.8 Å². The van der Waals surface area contributed by atoms with Crippen LogP contribution in [0.4, 0.5) is 15.5 Å². The van der Waals surface area contributed by atoms with Gasteiger partial charge in [0, 0.05) is 42.7 Å². The van der Waals surface area contributed by atoms with Crippen LogP contribution in [0.2, 0.25) is 0 Å². The van der Waals surface area contributed by atoms with Crippen LogP contribution in [0, 0.1) is 0 Å². The molecule has 1 aromatic carbocycles. The number of likely N-dealkylation sites (tertiary alicyclic amines) is 1. The van der Waals surface area contributed by atoms with Crippen LogP contribution in [0.15, 0.2) is 35.2 Å². The molecule has 1 aromatic heterocycles. The van der Waals surface area contributed by atoms with Crippen LogP contribution >= 0.6 is 11.8 Å². The number of nitrogens with one attached hydrogen (secondary N) is 2. The maximum Gasteiger partial charge on any atom is 0.410 e. The predicted molar refractivity (Wildman–Crippen MR) is 130 cm³/mol. The molecule has 180 valence electrons. The van der Waals surface area contributed by atoms with E-state index in [2.05, 4.69) is 39.8 Å². The fourth-order valence-corrected chi connectivity index (χ4v) is 4.43. The lowest BCUT2D eigenvalue weighted by Gasteiger charge is -2.32. The van der Waals surface area contributed by atoms with E-state index in [0.29, 0.717) is 31.4 Å². The average molecular weight is 475 g/mol. The van der Waals surface area contributed by atoms with Crippen molar-refractivity contribution in [1.82, 2.24) is 25.0 Å². The normalized spacial score (nSPS) is 15.7. The topological polar surface area (TPSA) is 101 Å². The monoisotopic (exact) mass is 474 g/mol. The first-order chi connectivity index (χ1) is 15.6. The maximum atomic E-state index is 12.4. The highest BCUT2D eigenvalue weighted by Gasteiger charge is 2.29. The minimum atomic E-state index is -0.504. The second-order valence-corrected chi connectivity index (χ2v) is 10.7. The van der Waals surface area contributed by atoms with Gasteiger partial charge in [0.05, 0.1) is 0 Å². The molecule has 1 aliphatic rings. The van der Waals surface area contributed by atoms with Crippen molar-refractivity contribution < 1.29 is 14.3 Å². The molecule has 3 amide bonds. The zero-order chi connectivity index (χ0) is 24.0. The standard InChI is InChI=1S/C23H34N6O3S/c1-16(33-18-9-7-6-8-10-18)15-24-21(30)26-20-25-19(27-28(20)5)17-11-13-29(14-12-17)22(31)32-23(2,3)4/h6-10,16-17H,11-15H2,1-5H3,(H2,24,25,26,27,30). The van der Waals surface area contributed by atoms with Gasteiger partial charge < -0.3 is 15.0 Å². The molecule has 3 rings (SSSR count). The molecule has 10 heteroatoms. The van der Waals surface area contributed by atoms with E-state index in [1.54, 1.807) is 28.4 Å². The van der Waals surface area contributed by atoms with Crippen molar-refractivity contribution in [2.45, 2.75) is 62.2 Å². The summed E-state index contributed by atoms with van der Waals surface area (Å²) in [5.74, 6) is 1.22. The van der Waals surface area contributed by atoms with Gasteiger partial charge in [-0.05, 0) is 45.7 Å². The molecular weight excluding hydrogens is 440 g/mol. The minimum Gasteiger partial charge on any atom is -0.444 e. The van der Waals surface area contributed by atoms with Crippen LogP contribution in [0.5, 0.6) is 0 Å². The summed E-state index contributed by atoms with van der Waals surface area (Å²) in [7, 11) is 1.76. The molecule has 1 unspecified atom stereocenters. The predicted octanol–water partition coefficient (Wildman–Crippen LogP) is 4.23. The molecule has 0 bridgehead atoms. The molecule has 0 aliphatic carbocycles. The first kappa shape index (κ1) is 24.9. The van der Waals surface area contributed by atoms with Gasteiger partial charge in [0.25, 0.3) is 0 Å². The molecule has 9 nitrogen and oxygen atoms in total. The van der Waals surface area contributed by atoms with Gasteiger partial charge in [-0.15, -0.1) is 11.8 Å². The first-order valence-electron chi connectivity index (χ1n) is 11.3. The molecule has 1 saturated heterocycles. The Morgan fingerprint density at radius 1 is 1.21 bits per heavy atom. The number of ether oxygens (including phenoxy) is 1. The van der Waals surface area contributed by atoms with Crippen molar-refractivity contribution in [2.24, 2.45) is 7.05 Å². The lowest BCUT2D eigenvalue weighted by Crippen LogP contribution is -2.41. The largest absolute Gasteiger partial charge is 0.444 e. The van der Waals surface area contributed by atoms with Gasteiger partial charge >= 0.3 is 12.1 Å². The van der Waals surface area contributed by atoms with Crippen molar-refractivity contribution in [1.29, 1.82) is 0 Å². The van der Waals surface area contributed by atoms with Crippen LogP contribution < -0.4 is 10.6 Å². The Morgan fingerprint density at radius 3 is 2.52 bits per heavy atom. The Kier molecular flexibility index (Phi) is 8.23. The number of hydrogen-bond acceptors (Lipinski definition) is 6. The van der Waals surface area contributed by atoms with E-state index >= 15 is 0 Å². The van der Waals surface area contributed by atoms with E-state index in [9.17, 15) is 9.59 Å². The van der Waals surface area contributed by atoms with Crippen LogP contribution in [-0.4, -0.2) is 62.3 Å². The molecule has 1 fully saturated rings. The number of aromatic nitrogens is 3. The summed E-state index contributed by atoms with van der Waals surface area (Å²) in [6.45, 7) is 9.38. The van der Waals surface area contributed by atoms with Gasteiger partial charge in [0.15, 0.2) is 5.82 Å². The molecule has 2 aromatic rings. The van der Waals surface area contributed by atoms with Crippen LogP contribution in [0.1, 0.15) is 52.3 Å². The van der Waals surface area contributed by atoms with Gasteiger partial charge in [0.2, 0.25) is 5.95 Å². The van der Waals surface area contributed by atoms with Gasteiger partial charge in [-0.2, -0.15) is 10.1 Å². The molecule has 0 radical (unpaired) electrons. The summed E-state index contributed by atoms with van der Waals surface area (Å²) >= 11 is 1.71. The van der Waals surface area contributed by atoms with Gasteiger partial charge in [-0.25, -0.2) is 14.3 Å². The van der Waals surface area contributed by atoms with E-state index in [1.165, 1.54) is 4.90 Å². The average Bonchev–Trinajstić information content (AvgIpc) is 3.12. The van der Waals surface area contributed by atoms with Crippen molar-refractivity contribution >= 4 is 29.8 Å². The van der Waals surface area contributed by atoms with E-state index in [1.807, 2.05) is 39.0 Å². The van der Waals surface area contributed by atoms with Crippen molar-refractivity contribution in [3.05, 3.63) is 36.2 Å². The quantitative estimate of drug-likeness (QED) is 0.608. The summed E-state index contributed by atoms with van der Waals surface area (Å²) in [5.41, 5.74) is -0.504. The molecule has 0 spiro atoms. The number of carbonyl (C=O) groups is 2. The van der Waals surface area contributed by atoms with Gasteiger partial charge in [-0.3, -0.25) is 5.32 Å². The van der Waals surface area contributed by atoms with Crippen molar-refractivity contribution in [2.75, 3.05) is 25.0 Å². The lowest BCUT2D eigenvalue weighted by atomic mass is 9.96. The highest BCUT2D eigenvalue weighted by molar-refractivity contribution is 8.00. The SMILES string of the molecule is CC(CNC(=O)Nc1nc(C2CCN(C(=O)OC(C)(C)C)CC2)nn1C)Sc1ccccc1. The number of thioether (sulfide) groups is 1. The summed E-state index contributed by atoms with van der Waals surface area (Å²) in [5, 5.41) is 10.4. The molecular formula is C23H34N6O3S. The summed E-state index contributed by atoms with van der Waals surface area (Å²) in [6, 6.07) is 9.79. The zero-order valence-electron chi connectivity index (χ0n) is 20.0. The molecule has 0 saturated carbocycles. The second kappa shape index (κ2) is 10.9. The third-order valence-corrected chi connectivity index (χ3v) is 6.26. The second-order valence-electron chi connectivity index (χ2n) is 9.24. The number of nitrogens with zero attached hydrogens (tertiary/aromatic N) is 4. The number of aryl methyl sites for hydroxylation is 1. The highest BCUT2D eigenvalue weighted by atomic mass is 32.2. The summed E-state index contributed by atoms with van der Waals surface area (Å²) in [4.78, 5) is 32.1. The first-order valence-corrected chi connectivity index (χ1v) is 12.1. The third-order valence-electron chi connectivity index (χ3n) is 5.15. The maximum absolute atomic E-state index is 12.4. The Morgan fingerprint density at radius 2 is 1.88 bits per heavy atom. The lowest BCUT2D eigenvalue weighted by molar-refractivity contribution is 0.0203. The number of rotatable bonds is 6. The number of hydrogen-bond donors (Lipinski definition) is 2. The molecule has 1 aliphatic heterocycles. The Hall–Kier alpha value is -2.75. The number of carbonyl (C=O) groups excluding carboxylic acids is 2. The highest BCUT2D eigenvalue weighted by Crippen LogP contribution is 2.27. The number of benzene rings is 1. The fourth-order valence-electron chi connectivity index (χ4n) is 3.49. The van der Waals surface area contributed by atoms with E-state index in [-0.39, 0.29) is 23.3 Å². The minimum absolute atomic E-state index is 0.135. The zero-order valence-corrected chi connectivity index (χ0v) is 20.8. The van der Waals surface area contributed by atoms with E-state index in [4.69, 9.17) is 4.74 Å². The Balaban J connectivity index is 1.46. The van der Waals surface area contributed by atoms with E-state index in [0.717, 1.165) is 12.8 Å².